The van der Waals surface area contributed by atoms with E-state index in [1.54, 1.807) is 13.3 Å². The molecule has 0 radical (unpaired) electrons. The zero-order valence-corrected chi connectivity index (χ0v) is 16.0. The second-order valence-electron chi connectivity index (χ2n) is 6.92. The van der Waals surface area contributed by atoms with E-state index in [2.05, 4.69) is 44.6 Å². The molecule has 1 atom stereocenters. The average molecular weight is 379 g/mol. The molecule has 2 aromatic heterocycles. The first kappa shape index (κ1) is 18.6. The van der Waals surface area contributed by atoms with Gasteiger partial charge in [0.15, 0.2) is 0 Å². The summed E-state index contributed by atoms with van der Waals surface area (Å²) in [5, 5.41) is 7.44. The quantitative estimate of drug-likeness (QED) is 0.600. The predicted octanol–water partition coefficient (Wildman–Crippen LogP) is 3.53. The van der Waals surface area contributed by atoms with Crippen molar-refractivity contribution >= 4 is 5.82 Å². The highest BCUT2D eigenvalue weighted by Gasteiger charge is 2.30. The number of benzene rings is 1. The maximum Gasteiger partial charge on any atom is 0.244 e. The minimum absolute atomic E-state index is 0.169. The SMILES string of the molecule is COCCNc1cc(-c2noc([C@@H]3CCCN3Cc3ccccc3)n2)ccn1. The van der Waals surface area contributed by atoms with Gasteiger partial charge in [0.1, 0.15) is 5.82 Å². The first-order chi connectivity index (χ1) is 13.8. The van der Waals surface area contributed by atoms with Crippen molar-refractivity contribution in [2.45, 2.75) is 25.4 Å². The zero-order chi connectivity index (χ0) is 19.2. The lowest BCUT2D eigenvalue weighted by atomic mass is 10.2. The number of nitrogens with one attached hydrogen (secondary N) is 1. The van der Waals surface area contributed by atoms with E-state index in [-0.39, 0.29) is 6.04 Å². The minimum atomic E-state index is 0.169. The van der Waals surface area contributed by atoms with E-state index in [1.807, 2.05) is 18.2 Å². The van der Waals surface area contributed by atoms with Crippen LogP contribution < -0.4 is 5.32 Å². The van der Waals surface area contributed by atoms with Gasteiger partial charge in [-0.25, -0.2) is 4.98 Å². The molecule has 1 N–H and O–H groups in total. The number of pyridine rings is 1. The summed E-state index contributed by atoms with van der Waals surface area (Å²) >= 11 is 0. The van der Waals surface area contributed by atoms with E-state index < -0.39 is 0 Å². The van der Waals surface area contributed by atoms with E-state index >= 15 is 0 Å². The van der Waals surface area contributed by atoms with Gasteiger partial charge in [-0.05, 0) is 37.1 Å². The van der Waals surface area contributed by atoms with Crippen LogP contribution in [0, 0.1) is 0 Å². The maximum absolute atomic E-state index is 5.65. The Labute approximate surface area is 164 Å². The zero-order valence-electron chi connectivity index (χ0n) is 16.0. The summed E-state index contributed by atoms with van der Waals surface area (Å²) in [6.45, 7) is 3.25. The van der Waals surface area contributed by atoms with Crippen LogP contribution in [0.15, 0.2) is 53.2 Å². The van der Waals surface area contributed by atoms with Crippen molar-refractivity contribution in [3.05, 3.63) is 60.1 Å². The molecule has 1 aliphatic heterocycles. The number of anilines is 1. The van der Waals surface area contributed by atoms with Gasteiger partial charge in [-0.3, -0.25) is 4.90 Å². The molecule has 1 fully saturated rings. The standard InChI is InChI=1S/C21H25N5O2/c1-27-13-11-23-19-14-17(9-10-22-19)20-24-21(28-25-20)18-8-5-12-26(18)15-16-6-3-2-4-7-16/h2-4,6-7,9-10,14,18H,5,8,11-13,15H2,1H3,(H,22,23)/t18-/m0/s1. The first-order valence-corrected chi connectivity index (χ1v) is 9.64. The number of hydrogen-bond acceptors (Lipinski definition) is 7. The Hall–Kier alpha value is -2.77. The summed E-state index contributed by atoms with van der Waals surface area (Å²) in [5.41, 5.74) is 2.19. The maximum atomic E-state index is 5.65. The molecule has 1 saturated heterocycles. The molecule has 1 aliphatic rings. The van der Waals surface area contributed by atoms with Crippen molar-refractivity contribution in [2.75, 3.05) is 32.1 Å². The summed E-state index contributed by atoms with van der Waals surface area (Å²) in [6, 6.07) is 14.5. The number of aromatic nitrogens is 3. The highest BCUT2D eigenvalue weighted by atomic mass is 16.5. The summed E-state index contributed by atoms with van der Waals surface area (Å²) < 4.78 is 10.7. The Morgan fingerprint density at radius 3 is 3.00 bits per heavy atom. The van der Waals surface area contributed by atoms with Crippen LogP contribution in [-0.4, -0.2) is 46.8 Å². The van der Waals surface area contributed by atoms with Crippen LogP contribution in [0.1, 0.15) is 30.3 Å². The smallest absolute Gasteiger partial charge is 0.244 e. The summed E-state index contributed by atoms with van der Waals surface area (Å²) in [4.78, 5) is 11.4. The largest absolute Gasteiger partial charge is 0.383 e. The van der Waals surface area contributed by atoms with E-state index in [4.69, 9.17) is 14.2 Å². The van der Waals surface area contributed by atoms with Crippen LogP contribution in [0.25, 0.3) is 11.4 Å². The average Bonchev–Trinajstić information content (AvgIpc) is 3.39. The molecule has 0 unspecified atom stereocenters. The van der Waals surface area contributed by atoms with Gasteiger partial charge in [-0.15, -0.1) is 0 Å². The van der Waals surface area contributed by atoms with Crippen LogP contribution >= 0.6 is 0 Å². The number of rotatable bonds is 8. The molecule has 0 saturated carbocycles. The Morgan fingerprint density at radius 2 is 2.14 bits per heavy atom. The Bertz CT molecular complexity index is 883. The van der Waals surface area contributed by atoms with Gasteiger partial charge in [0.25, 0.3) is 0 Å². The van der Waals surface area contributed by atoms with E-state index in [0.717, 1.165) is 37.3 Å². The summed E-state index contributed by atoms with van der Waals surface area (Å²) in [7, 11) is 1.68. The molecule has 0 amide bonds. The molecule has 28 heavy (non-hydrogen) atoms. The topological polar surface area (TPSA) is 76.3 Å². The van der Waals surface area contributed by atoms with Gasteiger partial charge < -0.3 is 14.6 Å². The molecule has 3 aromatic rings. The van der Waals surface area contributed by atoms with Crippen molar-refractivity contribution < 1.29 is 9.26 Å². The molecular formula is C21H25N5O2. The van der Waals surface area contributed by atoms with Crippen molar-refractivity contribution in [3.8, 4) is 11.4 Å². The Kier molecular flexibility index (Phi) is 5.94. The fraction of sp³-hybridized carbons (Fsp3) is 0.381. The summed E-state index contributed by atoms with van der Waals surface area (Å²) in [5.74, 6) is 2.06. The number of ether oxygens (including phenoxy) is 1. The lowest BCUT2D eigenvalue weighted by Crippen LogP contribution is -2.22. The van der Waals surface area contributed by atoms with E-state index in [9.17, 15) is 0 Å². The van der Waals surface area contributed by atoms with Gasteiger partial charge in [0.05, 0.1) is 12.6 Å². The highest BCUT2D eigenvalue weighted by Crippen LogP contribution is 2.33. The van der Waals surface area contributed by atoms with E-state index in [0.29, 0.717) is 24.9 Å². The Balaban J connectivity index is 1.47. The minimum Gasteiger partial charge on any atom is -0.383 e. The van der Waals surface area contributed by atoms with Crippen LogP contribution in [0.5, 0.6) is 0 Å². The normalized spacial score (nSPS) is 17.1. The number of methoxy groups -OCH3 is 1. The van der Waals surface area contributed by atoms with Crippen molar-refractivity contribution in [3.63, 3.8) is 0 Å². The van der Waals surface area contributed by atoms with Crippen molar-refractivity contribution in [2.24, 2.45) is 0 Å². The molecule has 4 rings (SSSR count). The second kappa shape index (κ2) is 8.95. The third-order valence-electron chi connectivity index (χ3n) is 4.95. The van der Waals surface area contributed by atoms with Crippen molar-refractivity contribution in [1.82, 2.24) is 20.0 Å². The molecule has 0 aliphatic carbocycles. The molecule has 1 aromatic carbocycles. The van der Waals surface area contributed by atoms with Crippen molar-refractivity contribution in [1.29, 1.82) is 0 Å². The second-order valence-corrected chi connectivity index (χ2v) is 6.92. The van der Waals surface area contributed by atoms with E-state index in [1.165, 1.54) is 5.56 Å². The third kappa shape index (κ3) is 4.37. The first-order valence-electron chi connectivity index (χ1n) is 9.64. The molecule has 7 heteroatoms. The summed E-state index contributed by atoms with van der Waals surface area (Å²) in [6.07, 6.45) is 3.92. The third-order valence-corrected chi connectivity index (χ3v) is 4.95. The van der Waals surface area contributed by atoms with Crippen LogP contribution in [0.4, 0.5) is 5.82 Å². The molecule has 7 nitrogen and oxygen atoms in total. The van der Waals surface area contributed by atoms with Crippen LogP contribution in [0.2, 0.25) is 0 Å². The predicted molar refractivity (Wildman–Crippen MR) is 107 cm³/mol. The molecule has 3 heterocycles. The van der Waals surface area contributed by atoms with Gasteiger partial charge in [0.2, 0.25) is 11.7 Å². The fourth-order valence-electron chi connectivity index (χ4n) is 3.55. The van der Waals surface area contributed by atoms with Gasteiger partial charge >= 0.3 is 0 Å². The number of hydrogen-bond donors (Lipinski definition) is 1. The van der Waals surface area contributed by atoms with Gasteiger partial charge in [-0.2, -0.15) is 4.98 Å². The number of nitrogens with zero attached hydrogens (tertiary/aromatic N) is 4. The lowest BCUT2D eigenvalue weighted by molar-refractivity contribution is 0.201. The van der Waals surface area contributed by atoms with Gasteiger partial charge in [0, 0.05) is 32.0 Å². The molecule has 0 spiro atoms. The number of likely N-dealkylation sites (tertiary alicyclic amines) is 1. The monoisotopic (exact) mass is 379 g/mol. The molecular weight excluding hydrogens is 354 g/mol. The van der Waals surface area contributed by atoms with Crippen LogP contribution in [-0.2, 0) is 11.3 Å². The molecule has 0 bridgehead atoms. The Morgan fingerprint density at radius 1 is 1.25 bits per heavy atom. The van der Waals surface area contributed by atoms with Crippen LogP contribution in [0.3, 0.4) is 0 Å². The highest BCUT2D eigenvalue weighted by molar-refractivity contribution is 5.58. The fourth-order valence-corrected chi connectivity index (χ4v) is 3.55. The lowest BCUT2D eigenvalue weighted by Gasteiger charge is -2.21. The molecule has 146 valence electrons. The van der Waals surface area contributed by atoms with Gasteiger partial charge in [-0.1, -0.05) is 35.5 Å².